The summed E-state index contributed by atoms with van der Waals surface area (Å²) in [4.78, 5) is 12.1. The minimum absolute atomic E-state index is 0.152. The molecule has 0 aliphatic rings. The molecule has 1 aromatic rings. The number of carbonyl (C=O) groups excluding carboxylic acids is 1. The number of aryl methyl sites for hydroxylation is 2. The Morgan fingerprint density at radius 3 is 2.83 bits per heavy atom. The molecule has 18 heavy (non-hydrogen) atoms. The molecule has 102 valence electrons. The molecule has 0 saturated heterocycles. The molecular formula is C12H21N3O3. The zero-order valence-electron chi connectivity index (χ0n) is 11.1. The van der Waals surface area contributed by atoms with Gasteiger partial charge in [0.15, 0.2) is 0 Å². The highest BCUT2D eigenvalue weighted by atomic mass is 16.5. The number of rotatable bonds is 7. The topological polar surface area (TPSA) is 76.4 Å². The van der Waals surface area contributed by atoms with Crippen LogP contribution in [0.1, 0.15) is 30.0 Å². The molecule has 1 heterocycles. The lowest BCUT2D eigenvalue weighted by Crippen LogP contribution is -2.41. The van der Waals surface area contributed by atoms with Gasteiger partial charge < -0.3 is 15.2 Å². The monoisotopic (exact) mass is 255 g/mol. The van der Waals surface area contributed by atoms with Crippen LogP contribution in [0.2, 0.25) is 0 Å². The van der Waals surface area contributed by atoms with Crippen molar-refractivity contribution < 1.29 is 14.6 Å². The first kappa shape index (κ1) is 14.7. The van der Waals surface area contributed by atoms with E-state index >= 15 is 0 Å². The molecule has 1 atom stereocenters. The third-order valence-electron chi connectivity index (χ3n) is 2.65. The third kappa shape index (κ3) is 3.54. The Bertz CT molecular complexity index is 390. The number of aromatic nitrogens is 2. The maximum atomic E-state index is 12.1. The van der Waals surface area contributed by atoms with Crippen molar-refractivity contribution in [1.29, 1.82) is 0 Å². The number of amides is 1. The van der Waals surface area contributed by atoms with Gasteiger partial charge in [0.1, 0.15) is 5.69 Å². The Labute approximate surface area is 107 Å². The zero-order chi connectivity index (χ0) is 13.5. The summed E-state index contributed by atoms with van der Waals surface area (Å²) < 4.78 is 6.58. The molecule has 0 spiro atoms. The number of nitrogens with zero attached hydrogens (tertiary/aromatic N) is 2. The predicted molar refractivity (Wildman–Crippen MR) is 67.5 cm³/mol. The van der Waals surface area contributed by atoms with Crippen LogP contribution in [0.4, 0.5) is 0 Å². The summed E-state index contributed by atoms with van der Waals surface area (Å²) >= 11 is 0. The van der Waals surface area contributed by atoms with E-state index in [2.05, 4.69) is 10.4 Å². The molecule has 0 bridgehead atoms. The second kappa shape index (κ2) is 7.13. The average molecular weight is 255 g/mol. The third-order valence-corrected chi connectivity index (χ3v) is 2.65. The molecule has 6 nitrogen and oxygen atoms in total. The first-order valence-corrected chi connectivity index (χ1v) is 6.13. The van der Waals surface area contributed by atoms with Crippen molar-refractivity contribution in [3.63, 3.8) is 0 Å². The fraction of sp³-hybridized carbons (Fsp3) is 0.667. The van der Waals surface area contributed by atoms with E-state index in [9.17, 15) is 4.79 Å². The van der Waals surface area contributed by atoms with Crippen LogP contribution < -0.4 is 5.32 Å². The molecule has 1 unspecified atom stereocenters. The van der Waals surface area contributed by atoms with Crippen molar-refractivity contribution in [3.05, 3.63) is 17.5 Å². The number of hydrogen-bond donors (Lipinski definition) is 2. The first-order valence-electron chi connectivity index (χ1n) is 6.13. The summed E-state index contributed by atoms with van der Waals surface area (Å²) in [6, 6.07) is 1.38. The van der Waals surface area contributed by atoms with Gasteiger partial charge in [-0.15, -0.1) is 0 Å². The van der Waals surface area contributed by atoms with Crippen molar-refractivity contribution in [3.8, 4) is 0 Å². The Hall–Kier alpha value is -1.40. The van der Waals surface area contributed by atoms with Gasteiger partial charge in [-0.3, -0.25) is 9.48 Å². The lowest BCUT2D eigenvalue weighted by Gasteiger charge is -2.15. The molecule has 0 radical (unpaired) electrons. The van der Waals surface area contributed by atoms with Crippen molar-refractivity contribution in [2.24, 2.45) is 0 Å². The lowest BCUT2D eigenvalue weighted by molar-refractivity contribution is 0.0830. The van der Waals surface area contributed by atoms with Crippen LogP contribution in [0.25, 0.3) is 0 Å². The standard InChI is InChI=1S/C12H21N3O3/c1-4-9-6-11(15(5-2)14-9)12(17)13-10(7-16)8-18-3/h6,10,16H,4-5,7-8H2,1-3H3,(H,13,17). The second-order valence-corrected chi connectivity index (χ2v) is 4.00. The number of ether oxygens (including phenoxy) is 1. The highest BCUT2D eigenvalue weighted by Gasteiger charge is 2.17. The van der Waals surface area contributed by atoms with Crippen LogP contribution in [-0.4, -0.2) is 47.2 Å². The number of nitrogens with one attached hydrogen (secondary N) is 1. The van der Waals surface area contributed by atoms with Gasteiger partial charge in [0, 0.05) is 13.7 Å². The van der Waals surface area contributed by atoms with Crippen LogP contribution >= 0.6 is 0 Å². The van der Waals surface area contributed by atoms with Gasteiger partial charge in [-0.1, -0.05) is 6.92 Å². The minimum Gasteiger partial charge on any atom is -0.394 e. The predicted octanol–water partition coefficient (Wildman–Crippen LogP) is 0.202. The molecule has 0 aliphatic carbocycles. The molecule has 6 heteroatoms. The van der Waals surface area contributed by atoms with Crippen LogP contribution in [0.3, 0.4) is 0 Å². The van der Waals surface area contributed by atoms with Gasteiger partial charge in [-0.25, -0.2) is 0 Å². The fourth-order valence-electron chi connectivity index (χ4n) is 1.67. The maximum absolute atomic E-state index is 12.1. The second-order valence-electron chi connectivity index (χ2n) is 4.00. The van der Waals surface area contributed by atoms with E-state index in [0.717, 1.165) is 12.1 Å². The summed E-state index contributed by atoms with van der Waals surface area (Å²) in [6.45, 7) is 4.69. The molecule has 2 N–H and O–H groups in total. The molecule has 0 fully saturated rings. The SMILES string of the molecule is CCc1cc(C(=O)NC(CO)COC)n(CC)n1. The summed E-state index contributed by atoms with van der Waals surface area (Å²) in [5.74, 6) is -0.236. The van der Waals surface area contributed by atoms with Gasteiger partial charge in [-0.2, -0.15) is 5.10 Å². The summed E-state index contributed by atoms with van der Waals surface area (Å²) in [7, 11) is 1.53. The van der Waals surface area contributed by atoms with Crippen LogP contribution in [0.15, 0.2) is 6.07 Å². The summed E-state index contributed by atoms with van der Waals surface area (Å²) in [5, 5.41) is 16.1. The number of aliphatic hydroxyl groups is 1. The maximum Gasteiger partial charge on any atom is 0.269 e. The van der Waals surface area contributed by atoms with E-state index in [1.165, 1.54) is 7.11 Å². The summed E-state index contributed by atoms with van der Waals surface area (Å²) in [5.41, 5.74) is 1.40. The highest BCUT2D eigenvalue weighted by Crippen LogP contribution is 2.06. The summed E-state index contributed by atoms with van der Waals surface area (Å²) in [6.07, 6.45) is 0.786. The van der Waals surface area contributed by atoms with E-state index in [1.54, 1.807) is 10.7 Å². The van der Waals surface area contributed by atoms with Crippen molar-refractivity contribution in [2.45, 2.75) is 32.9 Å². The quantitative estimate of drug-likeness (QED) is 0.730. The highest BCUT2D eigenvalue weighted by molar-refractivity contribution is 5.92. The smallest absolute Gasteiger partial charge is 0.269 e. The molecular weight excluding hydrogens is 234 g/mol. The van der Waals surface area contributed by atoms with Gasteiger partial charge in [0.05, 0.1) is 24.9 Å². The average Bonchev–Trinajstić information content (AvgIpc) is 2.81. The van der Waals surface area contributed by atoms with Gasteiger partial charge in [0.2, 0.25) is 0 Å². The first-order chi connectivity index (χ1) is 8.65. The Morgan fingerprint density at radius 2 is 2.33 bits per heavy atom. The molecule has 1 aromatic heterocycles. The number of aliphatic hydroxyl groups excluding tert-OH is 1. The Kier molecular flexibility index (Phi) is 5.80. The van der Waals surface area contributed by atoms with Gasteiger partial charge in [0.25, 0.3) is 5.91 Å². The van der Waals surface area contributed by atoms with Gasteiger partial charge >= 0.3 is 0 Å². The molecule has 1 rings (SSSR count). The normalized spacial score (nSPS) is 12.4. The Balaban J connectivity index is 2.79. The molecule has 0 aliphatic heterocycles. The molecule has 0 aromatic carbocycles. The van der Waals surface area contributed by atoms with E-state index in [1.807, 2.05) is 13.8 Å². The molecule has 1 amide bonds. The zero-order valence-corrected chi connectivity index (χ0v) is 11.1. The van der Waals surface area contributed by atoms with E-state index in [4.69, 9.17) is 9.84 Å². The minimum atomic E-state index is -0.396. The Morgan fingerprint density at radius 1 is 1.61 bits per heavy atom. The fourth-order valence-corrected chi connectivity index (χ4v) is 1.67. The molecule has 0 saturated carbocycles. The largest absolute Gasteiger partial charge is 0.394 e. The van der Waals surface area contributed by atoms with Crippen molar-refractivity contribution in [2.75, 3.05) is 20.3 Å². The van der Waals surface area contributed by atoms with Crippen LogP contribution in [0, 0.1) is 0 Å². The van der Waals surface area contributed by atoms with Crippen molar-refractivity contribution >= 4 is 5.91 Å². The van der Waals surface area contributed by atoms with Crippen LogP contribution in [0.5, 0.6) is 0 Å². The van der Waals surface area contributed by atoms with Gasteiger partial charge in [-0.05, 0) is 19.4 Å². The lowest BCUT2D eigenvalue weighted by atomic mass is 10.2. The van der Waals surface area contributed by atoms with Crippen LogP contribution in [-0.2, 0) is 17.7 Å². The number of hydrogen-bond acceptors (Lipinski definition) is 4. The van der Waals surface area contributed by atoms with E-state index < -0.39 is 6.04 Å². The number of methoxy groups -OCH3 is 1. The number of carbonyl (C=O) groups is 1. The van der Waals surface area contributed by atoms with E-state index in [-0.39, 0.29) is 19.1 Å². The van der Waals surface area contributed by atoms with Crippen molar-refractivity contribution in [1.82, 2.24) is 15.1 Å². The van der Waals surface area contributed by atoms with E-state index in [0.29, 0.717) is 12.2 Å².